The van der Waals surface area contributed by atoms with Gasteiger partial charge < -0.3 is 14.7 Å². The maximum absolute atomic E-state index is 11.7. The molecule has 15 heavy (non-hydrogen) atoms. The minimum atomic E-state index is -0.0718. The predicted octanol–water partition coefficient (Wildman–Crippen LogP) is -0.761. The molecule has 0 spiro atoms. The molecule has 0 aromatic heterocycles. The summed E-state index contributed by atoms with van der Waals surface area (Å²) in [6, 6.07) is 0. The molecule has 0 aromatic rings. The summed E-state index contributed by atoms with van der Waals surface area (Å²) in [4.78, 5) is 28.2. The Morgan fingerprint density at radius 1 is 1.20 bits per heavy atom. The van der Waals surface area contributed by atoms with E-state index in [2.05, 4.69) is 4.90 Å². The molecule has 0 aromatic carbocycles. The first-order valence-electron chi connectivity index (χ1n) is 5.18. The van der Waals surface area contributed by atoms with Gasteiger partial charge in [-0.1, -0.05) is 0 Å². The van der Waals surface area contributed by atoms with Crippen LogP contribution in [-0.2, 0) is 9.59 Å². The van der Waals surface area contributed by atoms with Crippen LogP contribution in [0.5, 0.6) is 0 Å². The standard InChI is InChI=1S/C10H19N3O2/c1-9(14)12(3)8-10(15)13-6-4-11(2)5-7-13/h4-8H2,1-3H3. The third-order valence-electron chi connectivity index (χ3n) is 2.77. The maximum atomic E-state index is 11.7. The molecule has 1 saturated heterocycles. The fourth-order valence-electron chi connectivity index (χ4n) is 1.47. The van der Waals surface area contributed by atoms with Crippen LogP contribution in [0.1, 0.15) is 6.92 Å². The van der Waals surface area contributed by atoms with Gasteiger partial charge in [-0.05, 0) is 7.05 Å². The summed E-state index contributed by atoms with van der Waals surface area (Å²) in [5.41, 5.74) is 0. The largest absolute Gasteiger partial charge is 0.339 e. The molecular weight excluding hydrogens is 194 g/mol. The minimum Gasteiger partial charge on any atom is -0.339 e. The SMILES string of the molecule is CC(=O)N(C)CC(=O)N1CCN(C)CC1. The second-order valence-corrected chi connectivity index (χ2v) is 4.06. The molecule has 0 aliphatic carbocycles. The molecular formula is C10H19N3O2. The number of amides is 2. The molecule has 86 valence electrons. The smallest absolute Gasteiger partial charge is 0.242 e. The van der Waals surface area contributed by atoms with Crippen molar-refractivity contribution in [2.75, 3.05) is 46.8 Å². The Kier molecular flexibility index (Phi) is 4.08. The fraction of sp³-hybridized carbons (Fsp3) is 0.800. The molecule has 5 nitrogen and oxygen atoms in total. The lowest BCUT2D eigenvalue weighted by molar-refractivity contribution is -0.139. The predicted molar refractivity (Wildman–Crippen MR) is 57.4 cm³/mol. The lowest BCUT2D eigenvalue weighted by Gasteiger charge is -2.33. The summed E-state index contributed by atoms with van der Waals surface area (Å²) < 4.78 is 0. The Hall–Kier alpha value is -1.10. The van der Waals surface area contributed by atoms with Crippen molar-refractivity contribution in [2.24, 2.45) is 0 Å². The summed E-state index contributed by atoms with van der Waals surface area (Å²) in [6.07, 6.45) is 0. The van der Waals surface area contributed by atoms with E-state index in [1.165, 1.54) is 11.8 Å². The number of nitrogens with zero attached hydrogens (tertiary/aromatic N) is 3. The Labute approximate surface area is 90.6 Å². The molecule has 1 aliphatic rings. The molecule has 0 bridgehead atoms. The molecule has 0 unspecified atom stereocenters. The molecule has 0 N–H and O–H groups in total. The number of likely N-dealkylation sites (N-methyl/N-ethyl adjacent to an activating group) is 2. The Balaban J connectivity index is 2.37. The van der Waals surface area contributed by atoms with Gasteiger partial charge in [0.15, 0.2) is 0 Å². The van der Waals surface area contributed by atoms with E-state index in [1.54, 1.807) is 7.05 Å². The van der Waals surface area contributed by atoms with Crippen molar-refractivity contribution in [3.8, 4) is 0 Å². The number of piperazine rings is 1. The third kappa shape index (κ3) is 3.51. The average molecular weight is 213 g/mol. The summed E-state index contributed by atoms with van der Waals surface area (Å²) in [5.74, 6) is -0.0294. The van der Waals surface area contributed by atoms with Crippen molar-refractivity contribution in [3.63, 3.8) is 0 Å². The van der Waals surface area contributed by atoms with Crippen LogP contribution < -0.4 is 0 Å². The van der Waals surface area contributed by atoms with Gasteiger partial charge in [-0.2, -0.15) is 0 Å². The number of rotatable bonds is 2. The van der Waals surface area contributed by atoms with Crippen molar-refractivity contribution < 1.29 is 9.59 Å². The van der Waals surface area contributed by atoms with Crippen LogP contribution in [0.4, 0.5) is 0 Å². The molecule has 0 radical (unpaired) electrons. The van der Waals surface area contributed by atoms with Gasteiger partial charge in [0.05, 0.1) is 6.54 Å². The first-order valence-corrected chi connectivity index (χ1v) is 5.18. The van der Waals surface area contributed by atoms with Crippen LogP contribution in [0.3, 0.4) is 0 Å². The second-order valence-electron chi connectivity index (χ2n) is 4.06. The number of carbonyl (C=O) groups is 2. The van der Waals surface area contributed by atoms with Gasteiger partial charge in [-0.25, -0.2) is 0 Å². The highest BCUT2D eigenvalue weighted by Crippen LogP contribution is 2.00. The van der Waals surface area contributed by atoms with Crippen molar-refractivity contribution in [3.05, 3.63) is 0 Å². The van der Waals surface area contributed by atoms with Gasteiger partial charge in [0.25, 0.3) is 0 Å². The Morgan fingerprint density at radius 2 is 1.73 bits per heavy atom. The zero-order valence-electron chi connectivity index (χ0n) is 9.69. The van der Waals surface area contributed by atoms with Gasteiger partial charge in [0.1, 0.15) is 0 Å². The van der Waals surface area contributed by atoms with E-state index in [4.69, 9.17) is 0 Å². The highest BCUT2D eigenvalue weighted by molar-refractivity contribution is 5.83. The van der Waals surface area contributed by atoms with Crippen LogP contribution in [0.2, 0.25) is 0 Å². The van der Waals surface area contributed by atoms with Gasteiger partial charge in [0, 0.05) is 40.2 Å². The van der Waals surface area contributed by atoms with Crippen LogP contribution >= 0.6 is 0 Å². The van der Waals surface area contributed by atoms with Gasteiger partial charge in [-0.15, -0.1) is 0 Å². The first-order chi connectivity index (χ1) is 7.00. The molecule has 1 fully saturated rings. The molecule has 0 saturated carbocycles. The van der Waals surface area contributed by atoms with E-state index in [0.29, 0.717) is 0 Å². The molecule has 2 amide bonds. The lowest BCUT2D eigenvalue weighted by atomic mass is 10.3. The van der Waals surface area contributed by atoms with E-state index in [-0.39, 0.29) is 18.4 Å². The normalized spacial score (nSPS) is 17.7. The molecule has 0 atom stereocenters. The Bertz CT molecular complexity index is 247. The summed E-state index contributed by atoms with van der Waals surface area (Å²) in [6.45, 7) is 5.02. The average Bonchev–Trinajstić information content (AvgIpc) is 2.18. The summed E-state index contributed by atoms with van der Waals surface area (Å²) >= 11 is 0. The topological polar surface area (TPSA) is 43.9 Å². The van der Waals surface area contributed by atoms with Crippen molar-refractivity contribution >= 4 is 11.8 Å². The molecule has 1 heterocycles. The number of hydrogen-bond donors (Lipinski definition) is 0. The van der Waals surface area contributed by atoms with Crippen LogP contribution in [-0.4, -0.2) is 73.3 Å². The molecule has 5 heteroatoms. The van der Waals surface area contributed by atoms with Crippen molar-refractivity contribution in [1.29, 1.82) is 0 Å². The minimum absolute atomic E-state index is 0.0424. The Morgan fingerprint density at radius 3 is 2.20 bits per heavy atom. The van der Waals surface area contributed by atoms with E-state index in [1.807, 2.05) is 11.9 Å². The van der Waals surface area contributed by atoms with Crippen LogP contribution in [0.25, 0.3) is 0 Å². The highest BCUT2D eigenvalue weighted by Gasteiger charge is 2.20. The van der Waals surface area contributed by atoms with Crippen LogP contribution in [0, 0.1) is 0 Å². The summed E-state index contributed by atoms with van der Waals surface area (Å²) in [7, 11) is 3.69. The monoisotopic (exact) mass is 213 g/mol. The second kappa shape index (κ2) is 5.11. The van der Waals surface area contributed by atoms with Gasteiger partial charge in [-0.3, -0.25) is 9.59 Å². The van der Waals surface area contributed by atoms with E-state index < -0.39 is 0 Å². The lowest BCUT2D eigenvalue weighted by Crippen LogP contribution is -2.50. The zero-order chi connectivity index (χ0) is 11.4. The summed E-state index contributed by atoms with van der Waals surface area (Å²) in [5, 5.41) is 0. The van der Waals surface area contributed by atoms with Gasteiger partial charge in [0.2, 0.25) is 11.8 Å². The third-order valence-corrected chi connectivity index (χ3v) is 2.77. The maximum Gasteiger partial charge on any atom is 0.242 e. The van der Waals surface area contributed by atoms with Gasteiger partial charge >= 0.3 is 0 Å². The first kappa shape index (κ1) is 12.0. The molecule has 1 rings (SSSR count). The van der Waals surface area contributed by atoms with E-state index >= 15 is 0 Å². The zero-order valence-corrected chi connectivity index (χ0v) is 9.69. The quantitative estimate of drug-likeness (QED) is 0.605. The fourth-order valence-corrected chi connectivity index (χ4v) is 1.47. The van der Waals surface area contributed by atoms with E-state index in [9.17, 15) is 9.59 Å². The van der Waals surface area contributed by atoms with E-state index in [0.717, 1.165) is 26.2 Å². The molecule has 1 aliphatic heterocycles. The number of carbonyl (C=O) groups excluding carboxylic acids is 2. The van der Waals surface area contributed by atoms with Crippen molar-refractivity contribution in [2.45, 2.75) is 6.92 Å². The van der Waals surface area contributed by atoms with Crippen LogP contribution in [0.15, 0.2) is 0 Å². The highest BCUT2D eigenvalue weighted by atomic mass is 16.2. The van der Waals surface area contributed by atoms with Crippen molar-refractivity contribution in [1.82, 2.24) is 14.7 Å². The number of hydrogen-bond acceptors (Lipinski definition) is 3.